The van der Waals surface area contributed by atoms with E-state index < -0.39 is 6.29 Å². The molecule has 1 saturated heterocycles. The molecule has 7 heavy (non-hydrogen) atoms. The van der Waals surface area contributed by atoms with Gasteiger partial charge in [0, 0.05) is 0 Å². The second kappa shape index (κ2) is 2.11. The Labute approximate surface area is 50.6 Å². The molecule has 0 radical (unpaired) electrons. The van der Waals surface area contributed by atoms with Crippen LogP contribution in [0, 0.1) is 0 Å². The third-order valence-electron chi connectivity index (χ3n) is 0.992. The van der Waals surface area contributed by atoms with Crippen molar-refractivity contribution >= 4 is 15.9 Å². The monoisotopic (exact) mass is 166 g/mol. The lowest BCUT2D eigenvalue weighted by Gasteiger charge is -2.01. The van der Waals surface area contributed by atoms with Gasteiger partial charge in [-0.05, 0) is 6.42 Å². The van der Waals surface area contributed by atoms with Gasteiger partial charge in [0.2, 0.25) is 0 Å². The molecule has 0 amide bonds. The smallest absolute Gasteiger partial charge is 0.167 e. The molecule has 1 aliphatic rings. The van der Waals surface area contributed by atoms with E-state index in [4.69, 9.17) is 9.84 Å². The number of ether oxygens (including phenoxy) is 1. The second-order valence-corrected chi connectivity index (χ2v) is 2.74. The van der Waals surface area contributed by atoms with E-state index in [1.54, 1.807) is 0 Å². The van der Waals surface area contributed by atoms with E-state index in [1.807, 2.05) is 0 Å². The maximum atomic E-state index is 8.73. The van der Waals surface area contributed by atoms with Gasteiger partial charge in [0.25, 0.3) is 0 Å². The van der Waals surface area contributed by atoms with Gasteiger partial charge >= 0.3 is 0 Å². The van der Waals surface area contributed by atoms with Crippen molar-refractivity contribution in [3.63, 3.8) is 0 Å². The molecule has 2 unspecified atom stereocenters. The van der Waals surface area contributed by atoms with Crippen molar-refractivity contribution in [2.24, 2.45) is 0 Å². The minimum absolute atomic E-state index is 0.160. The summed E-state index contributed by atoms with van der Waals surface area (Å²) in [6.45, 7) is 0.678. The van der Waals surface area contributed by atoms with Crippen molar-refractivity contribution in [3.8, 4) is 0 Å². The number of aliphatic hydroxyl groups excluding tert-OH is 1. The summed E-state index contributed by atoms with van der Waals surface area (Å²) in [6, 6.07) is 0. The van der Waals surface area contributed by atoms with E-state index in [-0.39, 0.29) is 4.83 Å². The highest BCUT2D eigenvalue weighted by Crippen LogP contribution is 2.18. The van der Waals surface area contributed by atoms with Crippen LogP contribution in [-0.2, 0) is 4.74 Å². The van der Waals surface area contributed by atoms with Crippen LogP contribution in [0.4, 0.5) is 0 Å². The SMILES string of the molecule is OC1OCCC1Br. The maximum Gasteiger partial charge on any atom is 0.167 e. The highest BCUT2D eigenvalue weighted by atomic mass is 79.9. The number of hydrogen-bond acceptors (Lipinski definition) is 2. The van der Waals surface area contributed by atoms with Crippen LogP contribution < -0.4 is 0 Å². The maximum absolute atomic E-state index is 8.73. The Morgan fingerprint density at radius 3 is 2.57 bits per heavy atom. The van der Waals surface area contributed by atoms with Crippen LogP contribution in [0.1, 0.15) is 6.42 Å². The zero-order valence-electron chi connectivity index (χ0n) is 3.80. The van der Waals surface area contributed by atoms with Gasteiger partial charge < -0.3 is 9.84 Å². The molecule has 1 heterocycles. The molecule has 0 aromatic rings. The van der Waals surface area contributed by atoms with Crippen molar-refractivity contribution in [1.82, 2.24) is 0 Å². The lowest BCUT2D eigenvalue weighted by atomic mass is 10.4. The van der Waals surface area contributed by atoms with Crippen molar-refractivity contribution in [1.29, 1.82) is 0 Å². The first-order valence-corrected chi connectivity index (χ1v) is 3.16. The molecule has 0 aliphatic carbocycles. The van der Waals surface area contributed by atoms with E-state index in [1.165, 1.54) is 0 Å². The van der Waals surface area contributed by atoms with E-state index in [0.29, 0.717) is 6.61 Å². The third kappa shape index (κ3) is 1.15. The quantitative estimate of drug-likeness (QED) is 0.532. The van der Waals surface area contributed by atoms with E-state index in [0.717, 1.165) is 6.42 Å². The van der Waals surface area contributed by atoms with Crippen LogP contribution in [0.3, 0.4) is 0 Å². The molecular formula is C4H7BrO2. The van der Waals surface area contributed by atoms with Gasteiger partial charge in [-0.15, -0.1) is 0 Å². The van der Waals surface area contributed by atoms with Crippen LogP contribution >= 0.6 is 15.9 Å². The molecule has 0 aromatic carbocycles. The number of halogens is 1. The topological polar surface area (TPSA) is 29.5 Å². The molecule has 0 saturated carbocycles. The standard InChI is InChI=1S/C4H7BrO2/c5-3-1-2-7-4(3)6/h3-4,6H,1-2H2. The summed E-state index contributed by atoms with van der Waals surface area (Å²) in [5, 5.41) is 8.73. The summed E-state index contributed by atoms with van der Waals surface area (Å²) < 4.78 is 4.77. The first kappa shape index (κ1) is 5.54. The fourth-order valence-electron chi connectivity index (χ4n) is 0.548. The number of alkyl halides is 1. The fourth-order valence-corrected chi connectivity index (χ4v) is 0.888. The number of hydrogen-bond donors (Lipinski definition) is 1. The highest BCUT2D eigenvalue weighted by Gasteiger charge is 2.22. The average molecular weight is 167 g/mol. The molecule has 2 atom stereocenters. The van der Waals surface area contributed by atoms with Crippen molar-refractivity contribution in [2.75, 3.05) is 6.61 Å². The molecule has 3 heteroatoms. The summed E-state index contributed by atoms with van der Waals surface area (Å²) in [5.74, 6) is 0. The molecule has 0 spiro atoms. The molecule has 2 nitrogen and oxygen atoms in total. The molecule has 1 aliphatic heterocycles. The summed E-state index contributed by atoms with van der Waals surface area (Å²) in [4.78, 5) is 0.160. The van der Waals surface area contributed by atoms with Crippen LogP contribution in [0.15, 0.2) is 0 Å². The Kier molecular flexibility index (Phi) is 1.67. The molecule has 1 fully saturated rings. The Bertz CT molecular complexity index is 58.7. The zero-order chi connectivity index (χ0) is 5.28. The normalized spacial score (nSPS) is 42.0. The largest absolute Gasteiger partial charge is 0.367 e. The van der Waals surface area contributed by atoms with Gasteiger partial charge in [-0.25, -0.2) is 0 Å². The minimum Gasteiger partial charge on any atom is -0.367 e. The van der Waals surface area contributed by atoms with E-state index in [2.05, 4.69) is 15.9 Å². The first-order chi connectivity index (χ1) is 3.30. The van der Waals surface area contributed by atoms with Crippen LogP contribution in [-0.4, -0.2) is 22.8 Å². The van der Waals surface area contributed by atoms with Gasteiger partial charge in [0.1, 0.15) is 0 Å². The molecule has 1 N–H and O–H groups in total. The van der Waals surface area contributed by atoms with Gasteiger partial charge in [-0.3, -0.25) is 0 Å². The lowest BCUT2D eigenvalue weighted by Crippen LogP contribution is -2.12. The lowest BCUT2D eigenvalue weighted by molar-refractivity contribution is -0.0553. The second-order valence-electron chi connectivity index (χ2n) is 1.57. The number of rotatable bonds is 0. The Morgan fingerprint density at radius 1 is 1.71 bits per heavy atom. The van der Waals surface area contributed by atoms with Crippen LogP contribution in [0.2, 0.25) is 0 Å². The molecule has 0 aromatic heterocycles. The van der Waals surface area contributed by atoms with E-state index >= 15 is 0 Å². The summed E-state index contributed by atoms with van der Waals surface area (Å²) in [6.07, 6.45) is 0.348. The summed E-state index contributed by atoms with van der Waals surface area (Å²) in [7, 11) is 0. The third-order valence-corrected chi connectivity index (χ3v) is 1.90. The highest BCUT2D eigenvalue weighted by molar-refractivity contribution is 9.09. The van der Waals surface area contributed by atoms with Gasteiger partial charge in [0.05, 0.1) is 11.4 Å². The Hall–Kier alpha value is 0.400. The minimum atomic E-state index is -0.569. The van der Waals surface area contributed by atoms with Crippen molar-refractivity contribution in [3.05, 3.63) is 0 Å². The van der Waals surface area contributed by atoms with Crippen molar-refractivity contribution < 1.29 is 9.84 Å². The first-order valence-electron chi connectivity index (χ1n) is 2.24. The van der Waals surface area contributed by atoms with E-state index in [9.17, 15) is 0 Å². The van der Waals surface area contributed by atoms with Gasteiger partial charge in [-0.2, -0.15) is 0 Å². The molecule has 42 valence electrons. The predicted octanol–water partition coefficient (Wildman–Crippen LogP) is 0.489. The van der Waals surface area contributed by atoms with Gasteiger partial charge in [-0.1, -0.05) is 15.9 Å². The predicted molar refractivity (Wildman–Crippen MR) is 29.3 cm³/mol. The Balaban J connectivity index is 2.33. The molecular weight excluding hydrogens is 160 g/mol. The van der Waals surface area contributed by atoms with Crippen molar-refractivity contribution in [2.45, 2.75) is 17.5 Å². The molecule has 0 bridgehead atoms. The van der Waals surface area contributed by atoms with Crippen LogP contribution in [0.5, 0.6) is 0 Å². The molecule has 1 rings (SSSR count). The summed E-state index contributed by atoms with van der Waals surface area (Å²) in [5.41, 5.74) is 0. The average Bonchev–Trinajstić information content (AvgIpc) is 1.91. The Morgan fingerprint density at radius 2 is 2.43 bits per heavy atom. The fraction of sp³-hybridized carbons (Fsp3) is 1.00. The number of aliphatic hydroxyl groups is 1. The van der Waals surface area contributed by atoms with Gasteiger partial charge in [0.15, 0.2) is 6.29 Å². The summed E-state index contributed by atoms with van der Waals surface area (Å²) >= 11 is 3.23. The zero-order valence-corrected chi connectivity index (χ0v) is 5.39. The van der Waals surface area contributed by atoms with Crippen LogP contribution in [0.25, 0.3) is 0 Å².